The molecule has 1 fully saturated rings. The maximum atomic E-state index is 12.1. The Balaban J connectivity index is 2.05. The van der Waals surface area contributed by atoms with Crippen LogP contribution in [-0.2, 0) is 16.0 Å². The number of nitrogens with zero attached hydrogens (tertiary/aromatic N) is 1. The summed E-state index contributed by atoms with van der Waals surface area (Å²) in [5.74, 6) is -0.895. The van der Waals surface area contributed by atoms with Crippen molar-refractivity contribution in [3.05, 3.63) is 30.1 Å². The Morgan fingerprint density at radius 1 is 1.50 bits per heavy atom. The molecule has 1 saturated carbocycles. The normalized spacial score (nSPS) is 25.9. The Labute approximate surface area is 118 Å². The Hall–Kier alpha value is -1.91. The van der Waals surface area contributed by atoms with Crippen LogP contribution < -0.4 is 5.32 Å². The van der Waals surface area contributed by atoms with Gasteiger partial charge in [0.2, 0.25) is 5.91 Å². The van der Waals surface area contributed by atoms with Gasteiger partial charge in [0.05, 0.1) is 6.42 Å². The van der Waals surface area contributed by atoms with E-state index in [1.807, 2.05) is 13.0 Å². The molecule has 108 valence electrons. The second-order valence-electron chi connectivity index (χ2n) is 5.63. The average Bonchev–Trinajstić information content (AvgIpc) is 2.39. The molecule has 2 N–H and O–H groups in total. The van der Waals surface area contributed by atoms with Gasteiger partial charge in [-0.1, -0.05) is 25.8 Å². The zero-order valence-electron chi connectivity index (χ0n) is 11.6. The molecule has 2 rings (SSSR count). The first kappa shape index (κ1) is 14.5. The molecular weight excluding hydrogens is 256 g/mol. The summed E-state index contributed by atoms with van der Waals surface area (Å²) in [6.45, 7) is 2.03. The quantitative estimate of drug-likeness (QED) is 0.878. The maximum Gasteiger partial charge on any atom is 0.329 e. The number of carbonyl (C=O) groups excluding carboxylic acids is 1. The van der Waals surface area contributed by atoms with Crippen LogP contribution in [0.4, 0.5) is 0 Å². The zero-order valence-corrected chi connectivity index (χ0v) is 11.6. The molecule has 5 heteroatoms. The van der Waals surface area contributed by atoms with E-state index in [-0.39, 0.29) is 12.3 Å². The van der Waals surface area contributed by atoms with Gasteiger partial charge >= 0.3 is 5.97 Å². The Bertz CT molecular complexity index is 489. The molecule has 1 aromatic heterocycles. The summed E-state index contributed by atoms with van der Waals surface area (Å²) >= 11 is 0. The van der Waals surface area contributed by atoms with Crippen LogP contribution in [0.5, 0.6) is 0 Å². The van der Waals surface area contributed by atoms with E-state index in [9.17, 15) is 14.7 Å². The van der Waals surface area contributed by atoms with Crippen LogP contribution in [0.25, 0.3) is 0 Å². The van der Waals surface area contributed by atoms with Crippen molar-refractivity contribution in [1.29, 1.82) is 0 Å². The highest BCUT2D eigenvalue weighted by Gasteiger charge is 2.43. The third-order valence-corrected chi connectivity index (χ3v) is 3.85. The van der Waals surface area contributed by atoms with Crippen molar-refractivity contribution >= 4 is 11.9 Å². The van der Waals surface area contributed by atoms with Gasteiger partial charge in [-0.05, 0) is 30.9 Å². The van der Waals surface area contributed by atoms with Crippen LogP contribution in [-0.4, -0.2) is 27.5 Å². The van der Waals surface area contributed by atoms with Gasteiger partial charge in [0.15, 0.2) is 0 Å². The van der Waals surface area contributed by atoms with Crippen molar-refractivity contribution in [3.8, 4) is 0 Å². The lowest BCUT2D eigenvalue weighted by Gasteiger charge is -2.37. The van der Waals surface area contributed by atoms with Crippen LogP contribution >= 0.6 is 0 Å². The van der Waals surface area contributed by atoms with E-state index in [4.69, 9.17) is 0 Å². The molecule has 2 unspecified atom stereocenters. The van der Waals surface area contributed by atoms with Crippen LogP contribution in [0.3, 0.4) is 0 Å². The predicted octanol–water partition coefficient (Wildman–Crippen LogP) is 1.77. The summed E-state index contributed by atoms with van der Waals surface area (Å²) in [4.78, 5) is 27.7. The van der Waals surface area contributed by atoms with E-state index in [1.165, 1.54) is 0 Å². The highest BCUT2D eigenvalue weighted by Crippen LogP contribution is 2.32. The minimum atomic E-state index is -1.11. The molecule has 5 nitrogen and oxygen atoms in total. The fourth-order valence-corrected chi connectivity index (χ4v) is 2.89. The van der Waals surface area contributed by atoms with E-state index in [0.717, 1.165) is 12.8 Å². The largest absolute Gasteiger partial charge is 0.480 e. The minimum absolute atomic E-state index is 0.115. The number of carbonyl (C=O) groups is 2. The van der Waals surface area contributed by atoms with Crippen molar-refractivity contribution < 1.29 is 14.7 Å². The van der Waals surface area contributed by atoms with Crippen molar-refractivity contribution in [2.75, 3.05) is 0 Å². The van der Waals surface area contributed by atoms with E-state index >= 15 is 0 Å². The van der Waals surface area contributed by atoms with Gasteiger partial charge in [0.1, 0.15) is 5.54 Å². The van der Waals surface area contributed by atoms with E-state index in [1.54, 1.807) is 18.3 Å². The fourth-order valence-electron chi connectivity index (χ4n) is 2.89. The first-order valence-electron chi connectivity index (χ1n) is 6.96. The average molecular weight is 276 g/mol. The minimum Gasteiger partial charge on any atom is -0.480 e. The molecule has 0 bridgehead atoms. The Morgan fingerprint density at radius 3 is 2.90 bits per heavy atom. The van der Waals surface area contributed by atoms with E-state index in [0.29, 0.717) is 24.5 Å². The molecule has 0 saturated heterocycles. The second-order valence-corrected chi connectivity index (χ2v) is 5.63. The second kappa shape index (κ2) is 6.03. The number of aromatic nitrogens is 1. The molecule has 0 aliphatic heterocycles. The lowest BCUT2D eigenvalue weighted by Crippen LogP contribution is -2.57. The SMILES string of the molecule is CC1CCCC(NC(=O)Cc2ccccn2)(C(=O)O)C1. The fraction of sp³-hybridized carbons (Fsp3) is 0.533. The number of rotatable bonds is 4. The molecular formula is C15H20N2O3. The summed E-state index contributed by atoms with van der Waals surface area (Å²) in [7, 11) is 0. The number of pyridine rings is 1. The van der Waals surface area contributed by atoms with Crippen molar-refractivity contribution in [2.45, 2.75) is 44.6 Å². The monoisotopic (exact) mass is 276 g/mol. The highest BCUT2D eigenvalue weighted by molar-refractivity contribution is 5.87. The topological polar surface area (TPSA) is 79.3 Å². The molecule has 1 aliphatic rings. The van der Waals surface area contributed by atoms with Crippen molar-refractivity contribution in [3.63, 3.8) is 0 Å². The van der Waals surface area contributed by atoms with Crippen LogP contribution in [0, 0.1) is 5.92 Å². The molecule has 1 heterocycles. The summed E-state index contributed by atoms with van der Waals surface area (Å²) in [5, 5.41) is 12.2. The van der Waals surface area contributed by atoms with E-state index < -0.39 is 11.5 Å². The van der Waals surface area contributed by atoms with Gasteiger partial charge in [-0.2, -0.15) is 0 Å². The molecule has 2 atom stereocenters. The van der Waals surface area contributed by atoms with Crippen molar-refractivity contribution in [1.82, 2.24) is 10.3 Å². The summed E-state index contributed by atoms with van der Waals surface area (Å²) in [5.41, 5.74) is -0.460. The molecule has 0 spiro atoms. The summed E-state index contributed by atoms with van der Waals surface area (Å²) in [6.07, 6.45) is 4.59. The zero-order chi connectivity index (χ0) is 14.6. The maximum absolute atomic E-state index is 12.1. The van der Waals surface area contributed by atoms with Gasteiger partial charge in [0, 0.05) is 11.9 Å². The first-order valence-corrected chi connectivity index (χ1v) is 6.96. The lowest BCUT2D eigenvalue weighted by atomic mass is 9.76. The van der Waals surface area contributed by atoms with Gasteiger partial charge in [-0.3, -0.25) is 9.78 Å². The molecule has 1 amide bonds. The number of hydrogen-bond donors (Lipinski definition) is 2. The number of nitrogens with one attached hydrogen (secondary N) is 1. The Kier molecular flexibility index (Phi) is 4.37. The third-order valence-electron chi connectivity index (χ3n) is 3.85. The predicted molar refractivity (Wildman–Crippen MR) is 74.1 cm³/mol. The van der Waals surface area contributed by atoms with E-state index in [2.05, 4.69) is 10.3 Å². The number of carboxylic acids is 1. The first-order chi connectivity index (χ1) is 9.52. The smallest absolute Gasteiger partial charge is 0.329 e. The number of aliphatic carboxylic acids is 1. The number of carboxylic acid groups (broad SMARTS) is 1. The summed E-state index contributed by atoms with van der Waals surface area (Å²) in [6, 6.07) is 5.35. The Morgan fingerprint density at radius 2 is 2.30 bits per heavy atom. The molecule has 0 aromatic carbocycles. The van der Waals surface area contributed by atoms with Crippen molar-refractivity contribution in [2.24, 2.45) is 5.92 Å². The van der Waals surface area contributed by atoms with Gasteiger partial charge < -0.3 is 10.4 Å². The molecule has 1 aliphatic carbocycles. The van der Waals surface area contributed by atoms with Gasteiger partial charge in [0.25, 0.3) is 0 Å². The third kappa shape index (κ3) is 3.35. The van der Waals surface area contributed by atoms with Gasteiger partial charge in [-0.25, -0.2) is 4.79 Å². The van der Waals surface area contributed by atoms with Crippen LogP contribution in [0.1, 0.15) is 38.3 Å². The van der Waals surface area contributed by atoms with Crippen LogP contribution in [0.15, 0.2) is 24.4 Å². The molecule has 20 heavy (non-hydrogen) atoms. The molecule has 0 radical (unpaired) electrons. The standard InChI is InChI=1S/C15H20N2O3/c1-11-5-4-7-15(10-11,14(19)20)17-13(18)9-12-6-2-3-8-16-12/h2-3,6,8,11H,4-5,7,9-10H2,1H3,(H,17,18)(H,19,20). The molecule has 1 aromatic rings. The van der Waals surface area contributed by atoms with Gasteiger partial charge in [-0.15, -0.1) is 0 Å². The summed E-state index contributed by atoms with van der Waals surface area (Å²) < 4.78 is 0. The number of hydrogen-bond acceptors (Lipinski definition) is 3. The highest BCUT2D eigenvalue weighted by atomic mass is 16.4. The number of amides is 1. The lowest BCUT2D eigenvalue weighted by molar-refractivity contribution is -0.150. The van der Waals surface area contributed by atoms with Crippen LogP contribution in [0.2, 0.25) is 0 Å².